The van der Waals surface area contributed by atoms with Crippen molar-refractivity contribution < 1.29 is 19.4 Å². The van der Waals surface area contributed by atoms with Crippen LogP contribution in [0, 0.1) is 5.92 Å². The van der Waals surface area contributed by atoms with Gasteiger partial charge in [-0.2, -0.15) is 0 Å². The number of methoxy groups -OCH3 is 1. The maximum Gasteiger partial charge on any atom is 0.326 e. The van der Waals surface area contributed by atoms with Gasteiger partial charge in [0, 0.05) is 7.11 Å². The van der Waals surface area contributed by atoms with Gasteiger partial charge in [-0.3, -0.25) is 0 Å². The highest BCUT2D eigenvalue weighted by atomic mass is 16.5. The molecule has 1 saturated carbocycles. The number of carbonyl (C=O) groups is 2. The third-order valence-electron chi connectivity index (χ3n) is 3.63. The predicted molar refractivity (Wildman–Crippen MR) is 75.6 cm³/mol. The molecule has 1 rings (SSSR count). The number of carboxylic acid groups (broad SMARTS) is 1. The van der Waals surface area contributed by atoms with E-state index in [1.54, 1.807) is 7.11 Å². The topological polar surface area (TPSA) is 87.7 Å². The summed E-state index contributed by atoms with van der Waals surface area (Å²) in [4.78, 5) is 23.3. The zero-order valence-electron chi connectivity index (χ0n) is 12.6. The van der Waals surface area contributed by atoms with Crippen molar-refractivity contribution >= 4 is 12.0 Å². The van der Waals surface area contributed by atoms with Crippen molar-refractivity contribution in [2.75, 3.05) is 13.7 Å². The van der Waals surface area contributed by atoms with Crippen LogP contribution in [0.5, 0.6) is 0 Å². The van der Waals surface area contributed by atoms with Crippen molar-refractivity contribution in [1.82, 2.24) is 10.6 Å². The Labute approximate surface area is 120 Å². The van der Waals surface area contributed by atoms with Gasteiger partial charge in [0.15, 0.2) is 0 Å². The van der Waals surface area contributed by atoms with Crippen LogP contribution in [-0.2, 0) is 9.53 Å². The summed E-state index contributed by atoms with van der Waals surface area (Å²) in [6.07, 6.45) is 4.94. The third kappa shape index (κ3) is 5.36. The van der Waals surface area contributed by atoms with Gasteiger partial charge in [0.2, 0.25) is 0 Å². The number of nitrogens with one attached hydrogen (secondary N) is 2. The lowest BCUT2D eigenvalue weighted by atomic mass is 9.84. The molecule has 0 saturated heterocycles. The number of rotatable bonds is 6. The van der Waals surface area contributed by atoms with E-state index >= 15 is 0 Å². The van der Waals surface area contributed by atoms with E-state index in [-0.39, 0.29) is 5.92 Å². The summed E-state index contributed by atoms with van der Waals surface area (Å²) in [5, 5.41) is 14.6. The Morgan fingerprint density at radius 3 is 2.40 bits per heavy atom. The summed E-state index contributed by atoms with van der Waals surface area (Å²) in [6, 6.07) is -1.27. The Kier molecular flexibility index (Phi) is 6.26. The molecule has 20 heavy (non-hydrogen) atoms. The van der Waals surface area contributed by atoms with Crippen LogP contribution in [0.4, 0.5) is 4.79 Å². The minimum atomic E-state index is -0.961. The van der Waals surface area contributed by atoms with Crippen LogP contribution in [0.2, 0.25) is 0 Å². The average Bonchev–Trinajstić information content (AvgIpc) is 2.36. The molecule has 2 amide bonds. The molecule has 6 heteroatoms. The van der Waals surface area contributed by atoms with Crippen LogP contribution >= 0.6 is 0 Å². The van der Waals surface area contributed by atoms with Crippen molar-refractivity contribution in [1.29, 1.82) is 0 Å². The number of carboxylic acids is 1. The predicted octanol–water partition coefficient (Wildman–Crippen LogP) is 1.74. The first-order chi connectivity index (χ1) is 9.35. The molecule has 1 unspecified atom stereocenters. The maximum atomic E-state index is 11.9. The molecule has 0 radical (unpaired) electrons. The summed E-state index contributed by atoms with van der Waals surface area (Å²) in [5.41, 5.74) is -0.533. The summed E-state index contributed by atoms with van der Waals surface area (Å²) >= 11 is 0. The molecule has 0 heterocycles. The molecule has 0 aromatic rings. The first-order valence-electron chi connectivity index (χ1n) is 7.16. The average molecular weight is 286 g/mol. The minimum Gasteiger partial charge on any atom is -0.480 e. The van der Waals surface area contributed by atoms with Crippen LogP contribution in [0.3, 0.4) is 0 Å². The van der Waals surface area contributed by atoms with Gasteiger partial charge in [0.05, 0.1) is 12.1 Å². The molecular formula is C14H26N2O4. The summed E-state index contributed by atoms with van der Waals surface area (Å²) in [5.74, 6) is -0.936. The number of urea groups is 1. The monoisotopic (exact) mass is 286 g/mol. The van der Waals surface area contributed by atoms with Gasteiger partial charge in [0.25, 0.3) is 0 Å². The smallest absolute Gasteiger partial charge is 0.326 e. The maximum absolute atomic E-state index is 11.9. The van der Waals surface area contributed by atoms with Crippen LogP contribution in [0.1, 0.15) is 46.0 Å². The molecule has 3 N–H and O–H groups in total. The lowest BCUT2D eigenvalue weighted by Crippen LogP contribution is -2.56. The van der Waals surface area contributed by atoms with Crippen molar-refractivity contribution in [2.24, 2.45) is 5.92 Å². The van der Waals surface area contributed by atoms with Crippen molar-refractivity contribution in [3.63, 3.8) is 0 Å². The van der Waals surface area contributed by atoms with E-state index in [1.165, 1.54) is 0 Å². The Hall–Kier alpha value is -1.30. The van der Waals surface area contributed by atoms with E-state index in [2.05, 4.69) is 10.6 Å². The number of carbonyl (C=O) groups excluding carboxylic acids is 1. The molecule has 1 aliphatic carbocycles. The lowest BCUT2D eigenvalue weighted by Gasteiger charge is -2.30. The standard InChI is InChI=1S/C14H26N2O4/c1-14(2,9-20-3)16-13(19)15-11(12(17)18)10-7-5-4-6-8-10/h10-11H,4-9H2,1-3H3,(H,17,18)(H2,15,16,19). The summed E-state index contributed by atoms with van der Waals surface area (Å²) in [7, 11) is 1.56. The van der Waals surface area contributed by atoms with E-state index in [0.29, 0.717) is 6.61 Å². The fraction of sp³-hybridized carbons (Fsp3) is 0.857. The molecule has 0 bridgehead atoms. The molecule has 116 valence electrons. The van der Waals surface area contributed by atoms with Crippen molar-refractivity contribution in [2.45, 2.75) is 57.5 Å². The highest BCUT2D eigenvalue weighted by Gasteiger charge is 2.31. The van der Waals surface area contributed by atoms with Crippen molar-refractivity contribution in [3.8, 4) is 0 Å². The molecule has 0 aliphatic heterocycles. The SMILES string of the molecule is COCC(C)(C)NC(=O)NC(C(=O)O)C1CCCCC1. The number of ether oxygens (including phenoxy) is 1. The first-order valence-corrected chi connectivity index (χ1v) is 7.16. The van der Waals surface area contributed by atoms with E-state index in [0.717, 1.165) is 32.1 Å². The van der Waals surface area contributed by atoms with E-state index in [1.807, 2.05) is 13.8 Å². The van der Waals surface area contributed by atoms with Crippen molar-refractivity contribution in [3.05, 3.63) is 0 Å². The molecule has 0 spiro atoms. The Bertz CT molecular complexity index is 338. The third-order valence-corrected chi connectivity index (χ3v) is 3.63. The van der Waals surface area contributed by atoms with Crippen LogP contribution in [0.25, 0.3) is 0 Å². The summed E-state index contributed by atoms with van der Waals surface area (Å²) in [6.45, 7) is 4.01. The fourth-order valence-corrected chi connectivity index (χ4v) is 2.73. The zero-order valence-corrected chi connectivity index (χ0v) is 12.6. The number of aliphatic carboxylic acids is 1. The molecule has 1 atom stereocenters. The minimum absolute atomic E-state index is 0.0255. The number of hydrogen-bond acceptors (Lipinski definition) is 3. The van der Waals surface area contributed by atoms with Gasteiger partial charge in [-0.1, -0.05) is 19.3 Å². The van der Waals surface area contributed by atoms with Crippen LogP contribution in [-0.4, -0.2) is 42.4 Å². The van der Waals surface area contributed by atoms with E-state index < -0.39 is 23.6 Å². The van der Waals surface area contributed by atoms with Gasteiger partial charge in [-0.15, -0.1) is 0 Å². The molecule has 6 nitrogen and oxygen atoms in total. The Morgan fingerprint density at radius 1 is 1.30 bits per heavy atom. The number of hydrogen-bond donors (Lipinski definition) is 3. The second kappa shape index (κ2) is 7.47. The first kappa shape index (κ1) is 16.8. The van der Waals surface area contributed by atoms with Crippen LogP contribution in [0.15, 0.2) is 0 Å². The number of amides is 2. The quantitative estimate of drug-likeness (QED) is 0.694. The summed E-state index contributed by atoms with van der Waals surface area (Å²) < 4.78 is 5.02. The van der Waals surface area contributed by atoms with Gasteiger partial charge in [-0.05, 0) is 32.6 Å². The van der Waals surface area contributed by atoms with E-state index in [4.69, 9.17) is 4.74 Å². The van der Waals surface area contributed by atoms with Gasteiger partial charge >= 0.3 is 12.0 Å². The Morgan fingerprint density at radius 2 is 1.90 bits per heavy atom. The van der Waals surface area contributed by atoms with Gasteiger partial charge < -0.3 is 20.5 Å². The molecule has 0 aromatic heterocycles. The van der Waals surface area contributed by atoms with Crippen LogP contribution < -0.4 is 10.6 Å². The highest BCUT2D eigenvalue weighted by molar-refractivity contribution is 5.83. The molecule has 1 fully saturated rings. The fourth-order valence-electron chi connectivity index (χ4n) is 2.73. The molecular weight excluding hydrogens is 260 g/mol. The second-order valence-electron chi connectivity index (χ2n) is 6.13. The lowest BCUT2D eigenvalue weighted by molar-refractivity contribution is -0.141. The van der Waals surface area contributed by atoms with Gasteiger partial charge in [-0.25, -0.2) is 9.59 Å². The second-order valence-corrected chi connectivity index (χ2v) is 6.13. The molecule has 1 aliphatic rings. The normalized spacial score (nSPS) is 18.4. The van der Waals surface area contributed by atoms with E-state index in [9.17, 15) is 14.7 Å². The molecule has 0 aromatic carbocycles. The highest BCUT2D eigenvalue weighted by Crippen LogP contribution is 2.26. The Balaban J connectivity index is 2.56. The largest absolute Gasteiger partial charge is 0.480 e. The zero-order chi connectivity index (χ0) is 15.2. The van der Waals surface area contributed by atoms with Gasteiger partial charge in [0.1, 0.15) is 6.04 Å².